The first-order valence-corrected chi connectivity index (χ1v) is 9.30. The van der Waals surface area contributed by atoms with Gasteiger partial charge in [-0.05, 0) is 48.7 Å². The quantitative estimate of drug-likeness (QED) is 0.743. The summed E-state index contributed by atoms with van der Waals surface area (Å²) in [6.45, 7) is 7.69. The van der Waals surface area contributed by atoms with Gasteiger partial charge in [0.05, 0.1) is 7.11 Å². The Bertz CT molecular complexity index is 816. The van der Waals surface area contributed by atoms with E-state index in [0.29, 0.717) is 31.2 Å². The van der Waals surface area contributed by atoms with Crippen LogP contribution in [-0.2, 0) is 6.54 Å². The first-order valence-electron chi connectivity index (χ1n) is 9.30. The molecule has 1 aliphatic heterocycles. The summed E-state index contributed by atoms with van der Waals surface area (Å²) in [7, 11) is 1.65. The van der Waals surface area contributed by atoms with Gasteiger partial charge in [-0.15, -0.1) is 0 Å². The lowest BCUT2D eigenvalue weighted by molar-refractivity contribution is 0.101. The predicted molar refractivity (Wildman–Crippen MR) is 105 cm³/mol. The average molecular weight is 369 g/mol. The molecule has 0 aromatic heterocycles. The molecule has 5 nitrogen and oxygen atoms in total. The number of carbonyl (C=O) groups excluding carboxylic acids is 1. The number of benzene rings is 2. The molecule has 0 amide bonds. The van der Waals surface area contributed by atoms with Crippen molar-refractivity contribution in [1.82, 2.24) is 5.32 Å². The van der Waals surface area contributed by atoms with Gasteiger partial charge in [0.25, 0.3) is 0 Å². The van der Waals surface area contributed by atoms with Gasteiger partial charge in [0.15, 0.2) is 17.3 Å². The van der Waals surface area contributed by atoms with Gasteiger partial charge in [-0.1, -0.05) is 19.9 Å². The molecule has 0 unspecified atom stereocenters. The fraction of sp³-hybridized carbons (Fsp3) is 0.409. The largest absolute Gasteiger partial charge is 0.496 e. The van der Waals surface area contributed by atoms with Crippen LogP contribution in [-0.4, -0.2) is 26.1 Å². The Balaban J connectivity index is 1.82. The molecule has 0 saturated carbocycles. The molecule has 0 bridgehead atoms. The van der Waals surface area contributed by atoms with Gasteiger partial charge in [-0.25, -0.2) is 0 Å². The van der Waals surface area contributed by atoms with E-state index in [-0.39, 0.29) is 11.8 Å². The van der Waals surface area contributed by atoms with E-state index in [0.717, 1.165) is 28.4 Å². The summed E-state index contributed by atoms with van der Waals surface area (Å²) in [6.07, 6.45) is 0. The van der Waals surface area contributed by atoms with E-state index >= 15 is 0 Å². The highest BCUT2D eigenvalue weighted by molar-refractivity contribution is 5.94. The predicted octanol–water partition coefficient (Wildman–Crippen LogP) is 4.16. The normalized spacial score (nSPS) is 14.1. The lowest BCUT2D eigenvalue weighted by Crippen LogP contribution is -2.26. The van der Waals surface area contributed by atoms with E-state index in [1.807, 2.05) is 18.2 Å². The minimum absolute atomic E-state index is 0.0474. The van der Waals surface area contributed by atoms with Crippen molar-refractivity contribution in [3.8, 4) is 17.2 Å². The number of ketones is 1. The number of nitrogens with one attached hydrogen (secondary N) is 1. The number of hydrogen-bond acceptors (Lipinski definition) is 5. The fourth-order valence-corrected chi connectivity index (χ4v) is 3.35. The van der Waals surface area contributed by atoms with Crippen LogP contribution in [0.15, 0.2) is 36.4 Å². The fourth-order valence-electron chi connectivity index (χ4n) is 3.35. The minimum Gasteiger partial charge on any atom is -0.496 e. The van der Waals surface area contributed by atoms with Gasteiger partial charge in [0, 0.05) is 23.7 Å². The molecule has 0 radical (unpaired) electrons. The van der Waals surface area contributed by atoms with E-state index in [1.54, 1.807) is 20.1 Å². The number of carbonyl (C=O) groups is 1. The second kappa shape index (κ2) is 8.44. The lowest BCUT2D eigenvalue weighted by Gasteiger charge is -2.26. The minimum atomic E-state index is 0.0474. The smallest absolute Gasteiger partial charge is 0.161 e. The van der Waals surface area contributed by atoms with E-state index in [1.165, 1.54) is 0 Å². The Labute approximate surface area is 160 Å². The summed E-state index contributed by atoms with van der Waals surface area (Å²) in [5, 5.41) is 3.61. The van der Waals surface area contributed by atoms with E-state index < -0.39 is 0 Å². The average Bonchev–Trinajstić information content (AvgIpc) is 2.67. The second-order valence-corrected chi connectivity index (χ2v) is 7.09. The van der Waals surface area contributed by atoms with Crippen molar-refractivity contribution in [2.45, 2.75) is 33.4 Å². The molecule has 1 heterocycles. The van der Waals surface area contributed by atoms with E-state index in [4.69, 9.17) is 14.2 Å². The zero-order valence-electron chi connectivity index (χ0n) is 16.4. The monoisotopic (exact) mass is 369 g/mol. The maximum absolute atomic E-state index is 11.7. The number of Topliss-reactive ketones (excluding diaryl/α,β-unsaturated/α-hetero) is 1. The lowest BCUT2D eigenvalue weighted by atomic mass is 9.95. The van der Waals surface area contributed by atoms with Gasteiger partial charge in [0.2, 0.25) is 0 Å². The maximum atomic E-state index is 11.7. The molecular weight excluding hydrogens is 342 g/mol. The molecule has 0 saturated heterocycles. The van der Waals surface area contributed by atoms with Crippen LogP contribution in [0.2, 0.25) is 0 Å². The topological polar surface area (TPSA) is 56.8 Å². The Morgan fingerprint density at radius 2 is 1.85 bits per heavy atom. The highest BCUT2D eigenvalue weighted by Gasteiger charge is 2.20. The van der Waals surface area contributed by atoms with E-state index in [2.05, 4.69) is 31.3 Å². The second-order valence-electron chi connectivity index (χ2n) is 7.09. The first-order chi connectivity index (χ1) is 13.0. The number of rotatable bonds is 7. The Morgan fingerprint density at radius 1 is 1.11 bits per heavy atom. The van der Waals surface area contributed by atoms with Crippen molar-refractivity contribution in [2.75, 3.05) is 20.3 Å². The van der Waals surface area contributed by atoms with Crippen LogP contribution < -0.4 is 19.5 Å². The van der Waals surface area contributed by atoms with Crippen LogP contribution in [0.3, 0.4) is 0 Å². The van der Waals surface area contributed by atoms with Crippen LogP contribution in [0.1, 0.15) is 48.3 Å². The molecule has 0 spiro atoms. The number of hydrogen-bond donors (Lipinski definition) is 1. The highest BCUT2D eigenvalue weighted by Crippen LogP contribution is 2.34. The van der Waals surface area contributed by atoms with Gasteiger partial charge in [-0.2, -0.15) is 0 Å². The maximum Gasteiger partial charge on any atom is 0.161 e. The molecule has 0 fully saturated rings. The number of fused-ring (bicyclic) bond motifs is 1. The van der Waals surface area contributed by atoms with Gasteiger partial charge >= 0.3 is 0 Å². The van der Waals surface area contributed by atoms with Crippen LogP contribution in [0, 0.1) is 5.92 Å². The van der Waals surface area contributed by atoms with Crippen LogP contribution in [0.25, 0.3) is 0 Å². The van der Waals surface area contributed by atoms with Crippen LogP contribution in [0.5, 0.6) is 17.2 Å². The summed E-state index contributed by atoms with van der Waals surface area (Å²) in [6, 6.07) is 11.8. The van der Waals surface area contributed by atoms with Crippen LogP contribution in [0.4, 0.5) is 0 Å². The standard InChI is InChI=1S/C22H27NO4/c1-14(2)22(17-6-8-20-21(12-17)27-10-9-26-20)23-13-18-11-16(15(3)24)5-7-19(18)25-4/h5-8,11-12,14,22-23H,9-10,13H2,1-4H3/t22-/m0/s1. The molecule has 27 heavy (non-hydrogen) atoms. The van der Waals surface area contributed by atoms with Crippen molar-refractivity contribution < 1.29 is 19.0 Å². The molecule has 1 atom stereocenters. The molecule has 2 aromatic carbocycles. The van der Waals surface area contributed by atoms with Crippen molar-refractivity contribution in [2.24, 2.45) is 5.92 Å². The van der Waals surface area contributed by atoms with Gasteiger partial charge in [-0.3, -0.25) is 4.79 Å². The third-order valence-corrected chi connectivity index (χ3v) is 4.79. The molecule has 3 rings (SSSR count). The molecule has 5 heteroatoms. The molecular formula is C22H27NO4. The van der Waals surface area contributed by atoms with Crippen molar-refractivity contribution in [3.05, 3.63) is 53.1 Å². The molecule has 0 aliphatic carbocycles. The summed E-state index contributed by atoms with van der Waals surface area (Å²) < 4.78 is 16.8. The summed E-state index contributed by atoms with van der Waals surface area (Å²) in [4.78, 5) is 11.7. The van der Waals surface area contributed by atoms with Crippen molar-refractivity contribution >= 4 is 5.78 Å². The third kappa shape index (κ3) is 4.42. The zero-order valence-corrected chi connectivity index (χ0v) is 16.4. The number of ether oxygens (including phenoxy) is 3. The summed E-state index contributed by atoms with van der Waals surface area (Å²) >= 11 is 0. The Kier molecular flexibility index (Phi) is 6.01. The first kappa shape index (κ1) is 19.2. The highest BCUT2D eigenvalue weighted by atomic mass is 16.6. The SMILES string of the molecule is COc1ccc(C(C)=O)cc1CN[C@H](c1ccc2c(c1)OCCO2)C(C)C. The third-order valence-electron chi connectivity index (χ3n) is 4.79. The van der Waals surface area contributed by atoms with Crippen molar-refractivity contribution in [3.63, 3.8) is 0 Å². The van der Waals surface area contributed by atoms with Crippen molar-refractivity contribution in [1.29, 1.82) is 0 Å². The Hall–Kier alpha value is -2.53. The molecule has 2 aromatic rings. The van der Waals surface area contributed by atoms with Gasteiger partial charge < -0.3 is 19.5 Å². The number of methoxy groups -OCH3 is 1. The molecule has 144 valence electrons. The molecule has 1 N–H and O–H groups in total. The van der Waals surface area contributed by atoms with E-state index in [9.17, 15) is 4.79 Å². The summed E-state index contributed by atoms with van der Waals surface area (Å²) in [5.41, 5.74) is 2.80. The Morgan fingerprint density at radius 3 is 2.52 bits per heavy atom. The molecule has 1 aliphatic rings. The zero-order chi connectivity index (χ0) is 19.4. The summed E-state index contributed by atoms with van der Waals surface area (Å²) in [5.74, 6) is 2.78. The van der Waals surface area contributed by atoms with Gasteiger partial charge in [0.1, 0.15) is 19.0 Å². The van der Waals surface area contributed by atoms with Crippen LogP contribution >= 0.6 is 0 Å².